The number of amides is 1. The summed E-state index contributed by atoms with van der Waals surface area (Å²) < 4.78 is 7.67. The summed E-state index contributed by atoms with van der Waals surface area (Å²) in [5, 5.41) is 4.43. The van der Waals surface area contributed by atoms with Crippen LogP contribution in [0.5, 0.6) is 0 Å². The third-order valence-electron chi connectivity index (χ3n) is 4.37. The Morgan fingerprint density at radius 3 is 2.78 bits per heavy atom. The van der Waals surface area contributed by atoms with Crippen LogP contribution < -0.4 is 0 Å². The number of hydrogen-bond donors (Lipinski definition) is 0. The number of carbonyl (C=O) groups excluding carboxylic acids is 1. The molecule has 6 nitrogen and oxygen atoms in total. The molecular formula is C17H24N4O2. The molecular weight excluding hydrogens is 292 g/mol. The van der Waals surface area contributed by atoms with Crippen LogP contribution in [-0.2, 0) is 6.54 Å². The quantitative estimate of drug-likeness (QED) is 0.868. The molecule has 0 unspecified atom stereocenters. The van der Waals surface area contributed by atoms with Crippen LogP contribution in [0.25, 0.3) is 0 Å². The van der Waals surface area contributed by atoms with Crippen LogP contribution in [0.1, 0.15) is 34.6 Å². The van der Waals surface area contributed by atoms with Crippen molar-refractivity contribution in [2.45, 2.75) is 33.4 Å². The van der Waals surface area contributed by atoms with Gasteiger partial charge in [-0.15, -0.1) is 0 Å². The van der Waals surface area contributed by atoms with Gasteiger partial charge in [-0.2, -0.15) is 5.10 Å². The van der Waals surface area contributed by atoms with E-state index in [1.54, 1.807) is 6.07 Å². The predicted molar refractivity (Wildman–Crippen MR) is 87.5 cm³/mol. The van der Waals surface area contributed by atoms with Crippen molar-refractivity contribution in [2.24, 2.45) is 0 Å². The number of piperazine rings is 1. The van der Waals surface area contributed by atoms with Gasteiger partial charge in [0, 0.05) is 31.4 Å². The number of nitrogens with zero attached hydrogens (tertiary/aromatic N) is 4. The van der Waals surface area contributed by atoms with Gasteiger partial charge in [-0.1, -0.05) is 0 Å². The summed E-state index contributed by atoms with van der Waals surface area (Å²) >= 11 is 0. The molecule has 23 heavy (non-hydrogen) atoms. The minimum Gasteiger partial charge on any atom is -0.454 e. The molecule has 1 fully saturated rings. The van der Waals surface area contributed by atoms with Crippen LogP contribution in [0.2, 0.25) is 0 Å². The number of aryl methyl sites for hydroxylation is 2. The number of aromatic nitrogens is 2. The number of furan rings is 1. The second kappa shape index (κ2) is 6.20. The maximum Gasteiger partial charge on any atom is 0.289 e. The van der Waals surface area contributed by atoms with Gasteiger partial charge in [-0.25, -0.2) is 0 Å². The van der Waals surface area contributed by atoms with Gasteiger partial charge in [0.15, 0.2) is 5.76 Å². The lowest BCUT2D eigenvalue weighted by atomic mass is 10.2. The zero-order valence-corrected chi connectivity index (χ0v) is 14.2. The Morgan fingerprint density at radius 2 is 2.13 bits per heavy atom. The summed E-state index contributed by atoms with van der Waals surface area (Å²) in [7, 11) is 2.08. The number of likely N-dealkylation sites (N-methyl/N-ethyl adjacent to an activating group) is 1. The average molecular weight is 316 g/mol. The second-order valence-corrected chi connectivity index (χ2v) is 6.46. The zero-order valence-electron chi connectivity index (χ0n) is 14.2. The first-order chi connectivity index (χ1) is 10.9. The molecule has 6 heteroatoms. The van der Waals surface area contributed by atoms with E-state index in [4.69, 9.17) is 4.42 Å². The standard InChI is InChI=1S/C17H24N4O2/c1-12-9-13(2)21(18-12)11-15-5-6-16(23-15)17(22)20-8-7-19(4)10-14(20)3/h5-6,9,14H,7-8,10-11H2,1-4H3/t14-/m0/s1. The van der Waals surface area contributed by atoms with Crippen LogP contribution in [-0.4, -0.2) is 58.2 Å². The minimum atomic E-state index is -0.0229. The van der Waals surface area contributed by atoms with E-state index >= 15 is 0 Å². The molecule has 1 atom stereocenters. The molecule has 124 valence electrons. The topological polar surface area (TPSA) is 54.5 Å². The van der Waals surface area contributed by atoms with E-state index in [2.05, 4.69) is 24.0 Å². The smallest absolute Gasteiger partial charge is 0.289 e. The Labute approximate surface area is 136 Å². The van der Waals surface area contributed by atoms with E-state index in [1.807, 2.05) is 35.6 Å². The van der Waals surface area contributed by atoms with Crippen molar-refractivity contribution in [3.63, 3.8) is 0 Å². The largest absolute Gasteiger partial charge is 0.454 e. The monoisotopic (exact) mass is 316 g/mol. The number of rotatable bonds is 3. The Bertz CT molecular complexity index is 703. The molecule has 0 aliphatic carbocycles. The fourth-order valence-corrected chi connectivity index (χ4v) is 3.14. The van der Waals surface area contributed by atoms with Gasteiger partial charge in [-0.05, 0) is 46.0 Å². The van der Waals surface area contributed by atoms with Crippen LogP contribution in [0.4, 0.5) is 0 Å². The van der Waals surface area contributed by atoms with Gasteiger partial charge in [0.2, 0.25) is 0 Å². The molecule has 0 saturated carbocycles. The molecule has 0 bridgehead atoms. The normalized spacial score (nSPS) is 19.3. The maximum atomic E-state index is 12.6. The number of hydrogen-bond acceptors (Lipinski definition) is 4. The predicted octanol–water partition coefficient (Wildman–Crippen LogP) is 1.92. The summed E-state index contributed by atoms with van der Waals surface area (Å²) in [5.41, 5.74) is 2.07. The molecule has 0 aromatic carbocycles. The summed E-state index contributed by atoms with van der Waals surface area (Å²) in [5.74, 6) is 1.14. The summed E-state index contributed by atoms with van der Waals surface area (Å²) in [6, 6.07) is 5.87. The highest BCUT2D eigenvalue weighted by molar-refractivity contribution is 5.91. The van der Waals surface area contributed by atoms with Gasteiger partial charge in [-0.3, -0.25) is 9.48 Å². The van der Waals surface area contributed by atoms with Gasteiger partial charge in [0.1, 0.15) is 5.76 Å². The van der Waals surface area contributed by atoms with E-state index in [9.17, 15) is 4.79 Å². The van der Waals surface area contributed by atoms with Gasteiger partial charge < -0.3 is 14.2 Å². The van der Waals surface area contributed by atoms with Gasteiger partial charge in [0.05, 0.1) is 12.2 Å². The molecule has 2 aromatic rings. The molecule has 2 aromatic heterocycles. The van der Waals surface area contributed by atoms with Crippen LogP contribution in [0, 0.1) is 13.8 Å². The summed E-state index contributed by atoms with van der Waals surface area (Å²) in [4.78, 5) is 16.8. The van der Waals surface area contributed by atoms with Crippen molar-refractivity contribution in [1.82, 2.24) is 19.6 Å². The summed E-state index contributed by atoms with van der Waals surface area (Å²) in [6.45, 7) is 9.14. The Hall–Kier alpha value is -2.08. The van der Waals surface area contributed by atoms with Gasteiger partial charge >= 0.3 is 0 Å². The van der Waals surface area contributed by atoms with Gasteiger partial charge in [0.25, 0.3) is 5.91 Å². The Balaban J connectivity index is 1.71. The van der Waals surface area contributed by atoms with E-state index < -0.39 is 0 Å². The third kappa shape index (κ3) is 3.32. The van der Waals surface area contributed by atoms with E-state index in [0.717, 1.165) is 36.8 Å². The highest BCUT2D eigenvalue weighted by Crippen LogP contribution is 2.17. The molecule has 0 radical (unpaired) electrons. The van der Waals surface area contributed by atoms with Crippen LogP contribution in [0.3, 0.4) is 0 Å². The van der Waals surface area contributed by atoms with Crippen molar-refractivity contribution in [1.29, 1.82) is 0 Å². The van der Waals surface area contributed by atoms with Crippen molar-refractivity contribution < 1.29 is 9.21 Å². The molecule has 1 saturated heterocycles. The lowest BCUT2D eigenvalue weighted by Gasteiger charge is -2.37. The van der Waals surface area contributed by atoms with Crippen molar-refractivity contribution in [3.8, 4) is 0 Å². The first-order valence-corrected chi connectivity index (χ1v) is 8.03. The lowest BCUT2D eigenvalue weighted by Crippen LogP contribution is -2.52. The first kappa shape index (κ1) is 15.8. The summed E-state index contributed by atoms with van der Waals surface area (Å²) in [6.07, 6.45) is 0. The zero-order chi connectivity index (χ0) is 16.6. The molecule has 1 aliphatic heterocycles. The Kier molecular flexibility index (Phi) is 4.26. The molecule has 1 amide bonds. The third-order valence-corrected chi connectivity index (χ3v) is 4.37. The van der Waals surface area contributed by atoms with E-state index in [0.29, 0.717) is 12.3 Å². The lowest BCUT2D eigenvalue weighted by molar-refractivity contribution is 0.0501. The Morgan fingerprint density at radius 1 is 1.35 bits per heavy atom. The molecule has 0 N–H and O–H groups in total. The van der Waals surface area contributed by atoms with Crippen molar-refractivity contribution in [3.05, 3.63) is 41.1 Å². The highest BCUT2D eigenvalue weighted by atomic mass is 16.4. The fraction of sp³-hybridized carbons (Fsp3) is 0.529. The molecule has 0 spiro atoms. The minimum absolute atomic E-state index is 0.0229. The van der Waals surface area contributed by atoms with E-state index in [1.165, 1.54) is 0 Å². The number of carbonyl (C=O) groups is 1. The van der Waals surface area contributed by atoms with Crippen molar-refractivity contribution >= 4 is 5.91 Å². The van der Waals surface area contributed by atoms with Crippen LogP contribution in [0.15, 0.2) is 22.6 Å². The maximum absolute atomic E-state index is 12.6. The highest BCUT2D eigenvalue weighted by Gasteiger charge is 2.28. The molecule has 3 rings (SSSR count). The molecule has 3 heterocycles. The SMILES string of the molecule is Cc1cc(C)n(Cc2ccc(C(=O)N3CCN(C)C[C@@H]3C)o2)n1. The van der Waals surface area contributed by atoms with Crippen LogP contribution >= 0.6 is 0 Å². The van der Waals surface area contributed by atoms with Crippen molar-refractivity contribution in [2.75, 3.05) is 26.7 Å². The molecule has 1 aliphatic rings. The first-order valence-electron chi connectivity index (χ1n) is 8.03. The van der Waals surface area contributed by atoms with E-state index in [-0.39, 0.29) is 11.9 Å². The fourth-order valence-electron chi connectivity index (χ4n) is 3.14. The second-order valence-electron chi connectivity index (χ2n) is 6.46. The average Bonchev–Trinajstić information content (AvgIpc) is 3.06.